The Morgan fingerprint density at radius 3 is 0.851 bits per heavy atom. The highest BCUT2D eigenvalue weighted by Gasteiger charge is 2.40. The van der Waals surface area contributed by atoms with Gasteiger partial charge in [-0.1, -0.05) is 33.7 Å². The molecule has 2 atom stereocenters. The van der Waals surface area contributed by atoms with Crippen LogP contribution in [0.5, 0.6) is 0 Å². The van der Waals surface area contributed by atoms with Crippen LogP contribution in [-0.2, 0) is 37.1 Å². The first-order valence-electron chi connectivity index (χ1n) is 21.1. The Labute approximate surface area is 400 Å². The van der Waals surface area contributed by atoms with Crippen LogP contribution in [0.4, 0.5) is 79.0 Å². The Hall–Kier alpha value is -7.82. The first-order valence-corrected chi connectivity index (χ1v) is 21.1. The molecule has 4 aromatic heterocycles. The summed E-state index contributed by atoms with van der Waals surface area (Å²) in [5.41, 5.74) is -12.8. The molecule has 0 N–H and O–H groups in total. The zero-order valence-electron chi connectivity index (χ0n) is 36.4. The predicted octanol–water partition coefficient (Wildman–Crippen LogP) is 13.2. The van der Waals surface area contributed by atoms with Gasteiger partial charge >= 0.3 is 37.1 Å². The third kappa shape index (κ3) is 10.6. The van der Waals surface area contributed by atoms with Gasteiger partial charge in [-0.3, -0.25) is 0 Å². The maximum absolute atomic E-state index is 14.3. The molecule has 1 saturated carbocycles. The van der Waals surface area contributed by atoms with E-state index in [1.807, 2.05) is 0 Å². The van der Waals surface area contributed by atoms with Gasteiger partial charge in [-0.15, -0.1) is 20.4 Å². The molecular formula is C44H26F18N12. The number of nitrogens with zero attached hydrogens (tertiary/aromatic N) is 12. The fraction of sp³-hybridized carbons (Fsp3) is 0.273. The molecule has 0 unspecified atom stereocenters. The average Bonchev–Trinajstić information content (AvgIpc) is 4.17. The first kappa shape index (κ1) is 51.1. The summed E-state index contributed by atoms with van der Waals surface area (Å²) in [5, 5.41) is 31.0. The van der Waals surface area contributed by atoms with Gasteiger partial charge < -0.3 is 0 Å². The van der Waals surface area contributed by atoms with E-state index < -0.39 is 93.9 Å². The zero-order valence-corrected chi connectivity index (χ0v) is 36.4. The van der Waals surface area contributed by atoms with Crippen LogP contribution in [0, 0.1) is 0 Å². The van der Waals surface area contributed by atoms with Crippen LogP contribution in [0.15, 0.2) is 97.6 Å². The van der Waals surface area contributed by atoms with E-state index in [9.17, 15) is 79.0 Å². The maximum Gasteiger partial charge on any atom is 0.416 e. The Morgan fingerprint density at radius 2 is 0.568 bits per heavy atom. The van der Waals surface area contributed by atoms with E-state index in [-0.39, 0.29) is 57.2 Å². The molecule has 9 rings (SSSR count). The number of hydrogen-bond donors (Lipinski definition) is 0. The van der Waals surface area contributed by atoms with Gasteiger partial charge in [0.05, 0.1) is 81.6 Å². The van der Waals surface area contributed by atoms with Gasteiger partial charge in [0.2, 0.25) is 0 Å². The van der Waals surface area contributed by atoms with Crippen molar-refractivity contribution in [2.24, 2.45) is 0 Å². The lowest BCUT2D eigenvalue weighted by Gasteiger charge is -2.31. The van der Waals surface area contributed by atoms with Crippen molar-refractivity contribution in [3.63, 3.8) is 0 Å². The van der Waals surface area contributed by atoms with Crippen molar-refractivity contribution in [1.82, 2.24) is 60.0 Å². The van der Waals surface area contributed by atoms with Gasteiger partial charge in [-0.25, -0.2) is 18.7 Å². The molecule has 1 fully saturated rings. The molecule has 1 aliphatic carbocycles. The Bertz CT molecular complexity index is 3080. The molecule has 8 aromatic rings. The van der Waals surface area contributed by atoms with Gasteiger partial charge in [-0.05, 0) is 85.6 Å². The zero-order chi connectivity index (χ0) is 53.5. The van der Waals surface area contributed by atoms with Crippen molar-refractivity contribution in [1.29, 1.82) is 0 Å². The minimum Gasteiger partial charge on any atom is -0.247 e. The SMILES string of the molecule is FC(F)(F)c1cc(-c2cn(-c3cc(C(F)(F)F)cc(C(F)(F)F)c3)nn2)cc(-c2cn([C@@H]3CCCC[C@H]3n3cc(-c4cc(-c5cn(-c6cc(C(F)(F)F)cc(C(F)(F)F)c6)nn5)cc(C(F)(F)F)c4)nn3)nn2)c1. The smallest absolute Gasteiger partial charge is 0.247 e. The van der Waals surface area contributed by atoms with Crippen LogP contribution in [0.25, 0.3) is 56.4 Å². The van der Waals surface area contributed by atoms with Crippen LogP contribution in [0.2, 0.25) is 0 Å². The second-order valence-electron chi connectivity index (χ2n) is 16.8. The van der Waals surface area contributed by atoms with Gasteiger partial charge in [0.25, 0.3) is 0 Å². The fourth-order valence-corrected chi connectivity index (χ4v) is 8.21. The van der Waals surface area contributed by atoms with E-state index in [4.69, 9.17) is 0 Å². The topological polar surface area (TPSA) is 123 Å². The first-order chi connectivity index (χ1) is 34.4. The largest absolute Gasteiger partial charge is 0.416 e. The molecule has 30 heteroatoms. The van der Waals surface area contributed by atoms with Crippen LogP contribution in [-0.4, -0.2) is 60.0 Å². The standard InChI is InChI=1S/C44H26F18N12/c45-39(46,47)25-7-21(33-17-71(67-63-33)31-13-27(41(51,52)53)11-28(14-31)42(54,55)56)5-23(9-25)35-19-73(69-65-35)37-3-1-2-4-38(37)74-20-36(66-70-74)24-6-22(8-26(10-24)40(48,49)50)34-18-72(68-64-34)32-15-29(43(57,58)59)12-30(16-32)44(60,61)62/h5-20,37-38H,1-4H2/t37-,38-/m1/s1. The minimum absolute atomic E-state index is 0.118. The summed E-state index contributed by atoms with van der Waals surface area (Å²) < 4.78 is 252. The number of aromatic nitrogens is 12. The van der Waals surface area contributed by atoms with Crippen molar-refractivity contribution in [3.8, 4) is 56.4 Å². The molecule has 4 aromatic carbocycles. The lowest BCUT2D eigenvalue weighted by molar-refractivity contribution is -0.144. The van der Waals surface area contributed by atoms with E-state index >= 15 is 0 Å². The Kier molecular flexibility index (Phi) is 12.4. The van der Waals surface area contributed by atoms with Gasteiger partial charge in [0.15, 0.2) is 0 Å². The lowest BCUT2D eigenvalue weighted by atomic mass is 9.90. The number of alkyl halides is 18. The van der Waals surface area contributed by atoms with Gasteiger partial charge in [0, 0.05) is 22.3 Å². The molecule has 1 aliphatic rings. The van der Waals surface area contributed by atoms with Gasteiger partial charge in [0.1, 0.15) is 22.8 Å². The summed E-state index contributed by atoms with van der Waals surface area (Å²) in [5.74, 6) is 0. The summed E-state index contributed by atoms with van der Waals surface area (Å²) in [6.07, 6.45) is -24.7. The highest BCUT2D eigenvalue weighted by Crippen LogP contribution is 2.43. The van der Waals surface area contributed by atoms with E-state index in [1.165, 1.54) is 21.8 Å². The lowest BCUT2D eigenvalue weighted by Crippen LogP contribution is -2.27. The van der Waals surface area contributed by atoms with E-state index in [2.05, 4.69) is 41.2 Å². The number of halogens is 18. The van der Waals surface area contributed by atoms with Gasteiger partial charge in [-0.2, -0.15) is 79.0 Å². The third-order valence-electron chi connectivity index (χ3n) is 11.8. The maximum atomic E-state index is 14.3. The fourth-order valence-electron chi connectivity index (χ4n) is 8.21. The molecule has 0 amide bonds. The molecule has 4 heterocycles. The van der Waals surface area contributed by atoms with E-state index in [1.54, 1.807) is 0 Å². The van der Waals surface area contributed by atoms with Crippen LogP contribution < -0.4 is 0 Å². The minimum atomic E-state index is -5.22. The molecule has 0 bridgehead atoms. The summed E-state index contributed by atoms with van der Waals surface area (Å²) in [4.78, 5) is 0. The number of hydrogen-bond acceptors (Lipinski definition) is 8. The highest BCUT2D eigenvalue weighted by molar-refractivity contribution is 5.72. The quantitative estimate of drug-likeness (QED) is 0.138. The Balaban J connectivity index is 1.01. The van der Waals surface area contributed by atoms with E-state index in [0.29, 0.717) is 83.6 Å². The monoisotopic (exact) mass is 1060 g/mol. The average molecular weight is 1060 g/mol. The van der Waals surface area contributed by atoms with Crippen molar-refractivity contribution < 1.29 is 79.0 Å². The van der Waals surface area contributed by atoms with Crippen LogP contribution >= 0.6 is 0 Å². The van der Waals surface area contributed by atoms with Crippen LogP contribution in [0.1, 0.15) is 71.1 Å². The predicted molar refractivity (Wildman–Crippen MR) is 218 cm³/mol. The second-order valence-corrected chi connectivity index (χ2v) is 16.8. The van der Waals surface area contributed by atoms with E-state index in [0.717, 1.165) is 24.5 Å². The normalized spacial score (nSPS) is 16.3. The van der Waals surface area contributed by atoms with Crippen LogP contribution in [0.3, 0.4) is 0 Å². The Morgan fingerprint density at radius 1 is 0.311 bits per heavy atom. The van der Waals surface area contributed by atoms with Crippen molar-refractivity contribution in [3.05, 3.63) is 131 Å². The molecule has 0 radical (unpaired) electrons. The molecule has 12 nitrogen and oxygen atoms in total. The molecule has 0 saturated heterocycles. The molecule has 388 valence electrons. The summed E-state index contributed by atoms with van der Waals surface area (Å²) in [7, 11) is 0. The molecular weight excluding hydrogens is 1040 g/mol. The third-order valence-corrected chi connectivity index (χ3v) is 11.8. The van der Waals surface area contributed by atoms with Crippen molar-refractivity contribution in [2.75, 3.05) is 0 Å². The summed E-state index contributed by atoms with van der Waals surface area (Å²) in [6, 6.07) is 4.85. The second kappa shape index (κ2) is 18.0. The molecule has 0 spiro atoms. The summed E-state index contributed by atoms with van der Waals surface area (Å²) in [6.45, 7) is 0. The number of benzene rings is 4. The summed E-state index contributed by atoms with van der Waals surface area (Å²) >= 11 is 0. The highest BCUT2D eigenvalue weighted by atomic mass is 19.4. The number of rotatable bonds is 8. The molecule has 0 aliphatic heterocycles. The van der Waals surface area contributed by atoms with Crippen molar-refractivity contribution >= 4 is 0 Å². The molecule has 74 heavy (non-hydrogen) atoms. The van der Waals surface area contributed by atoms with Crippen molar-refractivity contribution in [2.45, 2.75) is 74.8 Å².